The van der Waals surface area contributed by atoms with E-state index in [0.717, 1.165) is 6.20 Å². The molecule has 0 spiro atoms. The molecule has 0 aliphatic rings. The summed E-state index contributed by atoms with van der Waals surface area (Å²) < 4.78 is 12.5. The van der Waals surface area contributed by atoms with Crippen LogP contribution in [-0.4, -0.2) is 9.91 Å². The van der Waals surface area contributed by atoms with Crippen molar-refractivity contribution in [2.24, 2.45) is 0 Å². The summed E-state index contributed by atoms with van der Waals surface area (Å²) in [4.78, 5) is 11.6. The van der Waals surface area contributed by atoms with E-state index in [0.29, 0.717) is 0 Å². The zero-order chi connectivity index (χ0) is 7.72. The standard InChI is InChI=1S/C5H5FN2O2/c1-3-5(6)4(2-7-3)8(9)10/h2,7H,1H3. The first-order valence-corrected chi connectivity index (χ1v) is 2.61. The molecule has 0 aliphatic carbocycles. The number of hydrogen-bond donors (Lipinski definition) is 1. The maximum atomic E-state index is 12.5. The van der Waals surface area contributed by atoms with Gasteiger partial charge in [-0.25, -0.2) is 0 Å². The summed E-state index contributed by atoms with van der Waals surface area (Å²) in [6.45, 7) is 1.43. The number of nitrogens with one attached hydrogen (secondary N) is 1. The molecular formula is C5H5FN2O2. The van der Waals surface area contributed by atoms with E-state index in [1.54, 1.807) is 0 Å². The fourth-order valence-electron chi connectivity index (χ4n) is 0.628. The van der Waals surface area contributed by atoms with E-state index in [1.165, 1.54) is 6.92 Å². The maximum Gasteiger partial charge on any atom is 0.322 e. The molecule has 1 N–H and O–H groups in total. The molecule has 1 aromatic rings. The largest absolute Gasteiger partial charge is 0.357 e. The topological polar surface area (TPSA) is 58.9 Å². The minimum absolute atomic E-state index is 0.187. The van der Waals surface area contributed by atoms with Gasteiger partial charge in [-0.05, 0) is 6.92 Å². The first-order chi connectivity index (χ1) is 4.63. The Hall–Kier alpha value is -1.39. The predicted molar refractivity (Wildman–Crippen MR) is 32.1 cm³/mol. The molecule has 0 atom stereocenters. The van der Waals surface area contributed by atoms with Gasteiger partial charge in [0.25, 0.3) is 0 Å². The molecule has 54 valence electrons. The van der Waals surface area contributed by atoms with Gasteiger partial charge >= 0.3 is 5.69 Å². The van der Waals surface area contributed by atoms with Gasteiger partial charge in [-0.15, -0.1) is 0 Å². The lowest BCUT2D eigenvalue weighted by Crippen LogP contribution is -1.87. The number of rotatable bonds is 1. The van der Waals surface area contributed by atoms with Gasteiger partial charge in [0.05, 0.1) is 16.8 Å². The highest BCUT2D eigenvalue weighted by atomic mass is 19.1. The highest BCUT2D eigenvalue weighted by molar-refractivity contribution is 5.31. The van der Waals surface area contributed by atoms with Crippen LogP contribution in [0.4, 0.5) is 10.1 Å². The van der Waals surface area contributed by atoms with Gasteiger partial charge in [0.1, 0.15) is 0 Å². The molecule has 0 fully saturated rings. The first kappa shape index (κ1) is 6.73. The van der Waals surface area contributed by atoms with Gasteiger partial charge in [-0.1, -0.05) is 0 Å². The molecule has 10 heavy (non-hydrogen) atoms. The number of hydrogen-bond acceptors (Lipinski definition) is 2. The quantitative estimate of drug-likeness (QED) is 0.478. The van der Waals surface area contributed by atoms with E-state index >= 15 is 0 Å². The van der Waals surface area contributed by atoms with Crippen LogP contribution >= 0.6 is 0 Å². The summed E-state index contributed by atoms with van der Waals surface area (Å²) in [5.41, 5.74) is -0.316. The Morgan fingerprint density at radius 2 is 2.40 bits per heavy atom. The summed E-state index contributed by atoms with van der Waals surface area (Å²) in [5, 5.41) is 9.98. The van der Waals surface area contributed by atoms with Crippen LogP contribution < -0.4 is 0 Å². The van der Waals surface area contributed by atoms with Crippen molar-refractivity contribution in [3.8, 4) is 0 Å². The highest BCUT2D eigenvalue weighted by Gasteiger charge is 2.16. The molecule has 1 aromatic heterocycles. The zero-order valence-corrected chi connectivity index (χ0v) is 5.22. The number of halogens is 1. The zero-order valence-electron chi connectivity index (χ0n) is 5.22. The Morgan fingerprint density at radius 1 is 1.80 bits per heavy atom. The molecule has 0 unspecified atom stereocenters. The van der Waals surface area contributed by atoms with Gasteiger partial charge in [0.15, 0.2) is 0 Å². The SMILES string of the molecule is Cc1[nH]cc([N+](=O)[O-])c1F. The van der Waals surface area contributed by atoms with Crippen LogP contribution in [0.2, 0.25) is 0 Å². The van der Waals surface area contributed by atoms with Crippen molar-refractivity contribution in [3.63, 3.8) is 0 Å². The smallest absolute Gasteiger partial charge is 0.322 e. The Balaban J connectivity index is 3.17. The lowest BCUT2D eigenvalue weighted by molar-refractivity contribution is -0.387. The molecular weight excluding hydrogens is 139 g/mol. The molecule has 1 heterocycles. The summed E-state index contributed by atoms with van der Waals surface area (Å²) in [5.74, 6) is -0.787. The summed E-state index contributed by atoms with van der Waals surface area (Å²) >= 11 is 0. The number of H-pyrrole nitrogens is 1. The van der Waals surface area contributed by atoms with Crippen molar-refractivity contribution in [1.82, 2.24) is 4.98 Å². The lowest BCUT2D eigenvalue weighted by atomic mass is 10.4. The molecule has 0 saturated heterocycles. The van der Waals surface area contributed by atoms with Crippen molar-refractivity contribution in [2.45, 2.75) is 6.92 Å². The van der Waals surface area contributed by atoms with Gasteiger partial charge < -0.3 is 4.98 Å². The number of aromatic amines is 1. The fraction of sp³-hybridized carbons (Fsp3) is 0.200. The molecule has 4 nitrogen and oxygen atoms in total. The molecule has 0 aliphatic heterocycles. The van der Waals surface area contributed by atoms with E-state index in [9.17, 15) is 14.5 Å². The van der Waals surface area contributed by atoms with Crippen LogP contribution in [0.3, 0.4) is 0 Å². The third-order valence-electron chi connectivity index (χ3n) is 1.18. The minimum atomic E-state index is -0.787. The summed E-state index contributed by atoms with van der Waals surface area (Å²) in [7, 11) is 0. The van der Waals surface area contributed by atoms with Crippen LogP contribution in [0, 0.1) is 22.9 Å². The third kappa shape index (κ3) is 0.854. The van der Waals surface area contributed by atoms with Crippen LogP contribution in [-0.2, 0) is 0 Å². The Morgan fingerprint density at radius 3 is 2.60 bits per heavy atom. The molecule has 0 aromatic carbocycles. The number of nitro groups is 1. The number of aromatic nitrogens is 1. The van der Waals surface area contributed by atoms with Crippen molar-refractivity contribution in [1.29, 1.82) is 0 Å². The van der Waals surface area contributed by atoms with E-state index in [2.05, 4.69) is 4.98 Å². The van der Waals surface area contributed by atoms with Gasteiger partial charge in [-0.3, -0.25) is 10.1 Å². The van der Waals surface area contributed by atoms with E-state index < -0.39 is 16.4 Å². The van der Waals surface area contributed by atoms with Gasteiger partial charge in [0.2, 0.25) is 5.82 Å². The van der Waals surface area contributed by atoms with Crippen LogP contribution in [0.1, 0.15) is 5.69 Å². The normalized spacial score (nSPS) is 9.80. The van der Waals surface area contributed by atoms with Crippen molar-refractivity contribution in [3.05, 3.63) is 27.8 Å². The number of aryl methyl sites for hydroxylation is 1. The predicted octanol–water partition coefficient (Wildman–Crippen LogP) is 1.37. The van der Waals surface area contributed by atoms with E-state index in [4.69, 9.17) is 0 Å². The van der Waals surface area contributed by atoms with Crippen molar-refractivity contribution >= 4 is 5.69 Å². The Bertz CT molecular complexity index is 269. The van der Waals surface area contributed by atoms with Crippen LogP contribution in [0.15, 0.2) is 6.20 Å². The van der Waals surface area contributed by atoms with Crippen LogP contribution in [0.25, 0.3) is 0 Å². The summed E-state index contributed by atoms with van der Waals surface area (Å²) in [6, 6.07) is 0. The lowest BCUT2D eigenvalue weighted by Gasteiger charge is -1.83. The monoisotopic (exact) mass is 144 g/mol. The van der Waals surface area contributed by atoms with Crippen molar-refractivity contribution in [2.75, 3.05) is 0 Å². The molecule has 0 amide bonds. The second-order valence-electron chi connectivity index (χ2n) is 1.87. The molecule has 0 radical (unpaired) electrons. The maximum absolute atomic E-state index is 12.5. The molecule has 1 rings (SSSR count). The summed E-state index contributed by atoms with van der Waals surface area (Å²) in [6.07, 6.45) is 1.03. The molecule has 0 saturated carbocycles. The third-order valence-corrected chi connectivity index (χ3v) is 1.18. The fourth-order valence-corrected chi connectivity index (χ4v) is 0.628. The van der Waals surface area contributed by atoms with E-state index in [1.807, 2.05) is 0 Å². The van der Waals surface area contributed by atoms with Crippen molar-refractivity contribution < 1.29 is 9.31 Å². The molecule has 5 heteroatoms. The van der Waals surface area contributed by atoms with Gasteiger partial charge in [0, 0.05) is 0 Å². The van der Waals surface area contributed by atoms with Gasteiger partial charge in [-0.2, -0.15) is 4.39 Å². The average Bonchev–Trinajstić information content (AvgIpc) is 2.14. The van der Waals surface area contributed by atoms with Crippen LogP contribution in [0.5, 0.6) is 0 Å². The number of nitrogens with zero attached hydrogens (tertiary/aromatic N) is 1. The average molecular weight is 144 g/mol. The Labute approximate surface area is 55.8 Å². The Kier molecular flexibility index (Phi) is 1.41. The second-order valence-corrected chi connectivity index (χ2v) is 1.87. The molecule has 0 bridgehead atoms. The van der Waals surface area contributed by atoms with E-state index in [-0.39, 0.29) is 5.69 Å². The highest BCUT2D eigenvalue weighted by Crippen LogP contribution is 2.17. The second kappa shape index (κ2) is 2.09. The minimum Gasteiger partial charge on any atom is -0.357 e. The first-order valence-electron chi connectivity index (χ1n) is 2.61.